The van der Waals surface area contributed by atoms with Crippen molar-refractivity contribution in [1.82, 2.24) is 39.9 Å². The summed E-state index contributed by atoms with van der Waals surface area (Å²) in [4.78, 5) is 31.4. The molecule has 9 rings (SSSR count). The van der Waals surface area contributed by atoms with E-state index in [4.69, 9.17) is 0 Å². The molecule has 0 saturated carbocycles. The summed E-state index contributed by atoms with van der Waals surface area (Å²) in [6.07, 6.45) is 0. The van der Waals surface area contributed by atoms with Gasteiger partial charge < -0.3 is 9.97 Å². The molecule has 2 aliphatic rings. The zero-order valence-corrected chi connectivity index (χ0v) is 32.3. The summed E-state index contributed by atoms with van der Waals surface area (Å²) in [6.45, 7) is 0. The van der Waals surface area contributed by atoms with E-state index >= 15 is 0 Å². The van der Waals surface area contributed by atoms with Crippen molar-refractivity contribution in [3.8, 4) is 45.6 Å². The van der Waals surface area contributed by atoms with Crippen molar-refractivity contribution in [1.29, 1.82) is 0 Å². The SMILES string of the molecule is O=S(=O)(O)c1ccc2c(c1)-c1nc-2nc2[nH]c(nc3nc(nc4[nH]c(n1)c1cc(S(=O)(=O)O)ccc41)-c1ccc(S(=O)(=O)O)cc1-3)c1cc(S(=O)(=O)O)ccc21.[Al+3]. The number of fused-ring (bicyclic) bond motifs is 20. The Morgan fingerprint density at radius 1 is 0.351 bits per heavy atom. The Balaban J connectivity index is 0.00000455. The fourth-order valence-corrected chi connectivity index (χ4v) is 8.38. The summed E-state index contributed by atoms with van der Waals surface area (Å²) >= 11 is 0. The molecule has 0 atom stereocenters. The van der Waals surface area contributed by atoms with Crippen molar-refractivity contribution in [3.63, 3.8) is 0 Å². The topological polar surface area (TPSA) is 326 Å². The molecule has 5 heterocycles. The Bertz CT molecular complexity index is 3380. The van der Waals surface area contributed by atoms with Gasteiger partial charge in [-0.15, -0.1) is 0 Å². The number of hydrogen-bond acceptors (Lipinski definition) is 14. The Morgan fingerprint density at radius 2 is 0.632 bits per heavy atom. The van der Waals surface area contributed by atoms with E-state index < -0.39 is 60.1 Å². The standard InChI is InChI=1S/C32H18N8O12S4.Al/c41-53(42,43)13-1-5-17-21(9-13)29-35-25(17)33-26-18-6-2-14(54(44,45)46)10-22(18)31(36-26)40-32-24-12-16(56(50,51)52)4-8-20(24)28(38-32)34-27-19-7-3-15(55(47,48)49)11-23(19)30(37-27)39-29;/h1-12H,(H,41,42,43)(H,44,45,46)(H,47,48,49)(H,50,51,52)(H2,33,34,35,36,37,38,39,40);/q;+3. The van der Waals surface area contributed by atoms with Crippen molar-refractivity contribution < 1.29 is 51.9 Å². The van der Waals surface area contributed by atoms with E-state index in [1.54, 1.807) is 0 Å². The number of nitrogens with one attached hydrogen (secondary N) is 2. The molecule has 0 amide bonds. The molecule has 4 aromatic carbocycles. The quantitative estimate of drug-likeness (QED) is 0.109. The maximum Gasteiger partial charge on any atom is 3.00 e. The summed E-state index contributed by atoms with van der Waals surface area (Å²) in [7, 11) is -19.0. The van der Waals surface area contributed by atoms with E-state index in [2.05, 4.69) is 39.9 Å². The normalized spacial score (nSPS) is 13.0. The van der Waals surface area contributed by atoms with Crippen molar-refractivity contribution in [3.05, 3.63) is 72.8 Å². The van der Waals surface area contributed by atoms with Crippen molar-refractivity contribution in [2.75, 3.05) is 0 Å². The van der Waals surface area contributed by atoms with E-state index in [9.17, 15) is 51.9 Å². The molecular formula is C32H18AlN8O12S4+3. The third-order valence-electron chi connectivity index (χ3n) is 8.91. The van der Waals surface area contributed by atoms with Gasteiger partial charge in [0.05, 0.1) is 19.6 Å². The van der Waals surface area contributed by atoms with Gasteiger partial charge in [0.2, 0.25) is 0 Å². The molecule has 25 heteroatoms. The predicted octanol–water partition coefficient (Wildman–Crippen LogP) is 3.48. The minimum absolute atomic E-state index is 0. The summed E-state index contributed by atoms with van der Waals surface area (Å²) < 4.78 is 137. The minimum atomic E-state index is -4.74. The van der Waals surface area contributed by atoms with Crippen LogP contribution in [0.3, 0.4) is 0 Å². The second-order valence-electron chi connectivity index (χ2n) is 12.3. The molecule has 7 aromatic rings. The third-order valence-corrected chi connectivity index (χ3v) is 12.3. The van der Waals surface area contributed by atoms with Gasteiger partial charge in [-0.3, -0.25) is 18.2 Å². The second kappa shape index (κ2) is 12.7. The van der Waals surface area contributed by atoms with E-state index in [1.165, 1.54) is 24.3 Å². The average molecular weight is 862 g/mol. The van der Waals surface area contributed by atoms with Crippen LogP contribution in [0.25, 0.3) is 89.7 Å². The van der Waals surface area contributed by atoms with Gasteiger partial charge in [0.25, 0.3) is 40.5 Å². The molecule has 20 nitrogen and oxygen atoms in total. The molecule has 0 aliphatic carbocycles. The fourth-order valence-electron chi connectivity index (χ4n) is 6.35. The van der Waals surface area contributed by atoms with Crippen LogP contribution < -0.4 is 0 Å². The van der Waals surface area contributed by atoms with Gasteiger partial charge in [-0.2, -0.15) is 33.7 Å². The molecule has 0 unspecified atom stereocenters. The van der Waals surface area contributed by atoms with Gasteiger partial charge in [-0.05, 0) is 72.8 Å². The molecule has 57 heavy (non-hydrogen) atoms. The number of hydrogen-bond donors (Lipinski definition) is 6. The monoisotopic (exact) mass is 861 g/mol. The molecule has 3 aromatic heterocycles. The Hall–Kier alpha value is -5.59. The van der Waals surface area contributed by atoms with Crippen LogP contribution in [0.15, 0.2) is 92.4 Å². The molecule has 2 aliphatic heterocycles. The fraction of sp³-hybridized carbons (Fsp3) is 0. The Morgan fingerprint density at radius 3 is 0.965 bits per heavy atom. The van der Waals surface area contributed by atoms with Crippen LogP contribution in [0.1, 0.15) is 0 Å². The summed E-state index contributed by atoms with van der Waals surface area (Å²) in [6, 6.07) is 14.1. The number of nitrogens with zero attached hydrogens (tertiary/aromatic N) is 6. The predicted molar refractivity (Wildman–Crippen MR) is 201 cm³/mol. The average Bonchev–Trinajstić information content (AvgIpc) is 3.84. The van der Waals surface area contributed by atoms with Crippen molar-refractivity contribution in [2.24, 2.45) is 0 Å². The number of benzene rings is 4. The first-order chi connectivity index (χ1) is 26.2. The molecule has 6 N–H and O–H groups in total. The van der Waals surface area contributed by atoms with Crippen LogP contribution in [0.2, 0.25) is 0 Å². The van der Waals surface area contributed by atoms with Crippen LogP contribution >= 0.6 is 0 Å². The van der Waals surface area contributed by atoms with Crippen LogP contribution in [0.4, 0.5) is 0 Å². The largest absolute Gasteiger partial charge is 3.00 e. The Kier molecular flexibility index (Phi) is 8.54. The maximum absolute atomic E-state index is 12.2. The van der Waals surface area contributed by atoms with Crippen LogP contribution in [-0.2, 0) is 40.5 Å². The van der Waals surface area contributed by atoms with Gasteiger partial charge in [0, 0.05) is 43.8 Å². The number of rotatable bonds is 4. The minimum Gasteiger partial charge on any atom is -0.324 e. The maximum atomic E-state index is 12.2. The number of H-pyrrole nitrogens is 2. The van der Waals surface area contributed by atoms with Crippen LogP contribution in [-0.4, -0.2) is 109 Å². The molecule has 0 saturated heterocycles. The molecule has 0 fully saturated rings. The molecule has 0 radical (unpaired) electrons. The summed E-state index contributed by atoms with van der Waals surface area (Å²) in [5, 5.41) is 0.655. The second-order valence-corrected chi connectivity index (χ2v) is 18.0. The van der Waals surface area contributed by atoms with Crippen molar-refractivity contribution >= 4 is 102 Å². The van der Waals surface area contributed by atoms with E-state index in [1.807, 2.05) is 0 Å². The zero-order valence-electron chi connectivity index (χ0n) is 27.9. The van der Waals surface area contributed by atoms with Gasteiger partial charge in [0.15, 0.2) is 23.3 Å². The molecular weight excluding hydrogens is 844 g/mol. The van der Waals surface area contributed by atoms with E-state index in [-0.39, 0.29) is 107 Å². The third kappa shape index (κ3) is 6.54. The molecule has 0 spiro atoms. The summed E-state index contributed by atoms with van der Waals surface area (Å²) in [5.41, 5.74) is 0.408. The van der Waals surface area contributed by atoms with E-state index in [0.29, 0.717) is 0 Å². The smallest absolute Gasteiger partial charge is 0.324 e. The Labute approximate surface area is 329 Å². The van der Waals surface area contributed by atoms with Crippen LogP contribution in [0, 0.1) is 0 Å². The number of aromatic amines is 2. The summed E-state index contributed by atoms with van der Waals surface area (Å²) in [5.74, 6) is -0.486. The van der Waals surface area contributed by atoms with E-state index in [0.717, 1.165) is 48.5 Å². The van der Waals surface area contributed by atoms with Crippen LogP contribution in [0.5, 0.6) is 0 Å². The zero-order chi connectivity index (χ0) is 39.7. The van der Waals surface area contributed by atoms with Gasteiger partial charge >= 0.3 is 17.4 Å². The first kappa shape index (κ1) is 38.3. The van der Waals surface area contributed by atoms with Crippen molar-refractivity contribution in [2.45, 2.75) is 19.6 Å². The molecule has 8 bridgehead atoms. The number of aromatic nitrogens is 8. The van der Waals surface area contributed by atoms with Gasteiger partial charge in [-0.25, -0.2) is 29.9 Å². The first-order valence-corrected chi connectivity index (χ1v) is 21.3. The molecule has 282 valence electrons. The van der Waals surface area contributed by atoms with Gasteiger partial charge in [0.1, 0.15) is 22.6 Å². The first-order valence-electron chi connectivity index (χ1n) is 15.5. The van der Waals surface area contributed by atoms with Gasteiger partial charge in [-0.1, -0.05) is 0 Å².